The first-order valence-corrected chi connectivity index (χ1v) is 13.0. The van der Waals surface area contributed by atoms with E-state index in [9.17, 15) is 9.59 Å². The Hall–Kier alpha value is -2.02. The molecule has 3 atom stereocenters. The minimum atomic E-state index is -0.612. The molecule has 3 heterocycles. The SMILES string of the molecule is NCCSCC1=CN2C(=O)C(NC(=O)C(=NOC3C=CCC3)c3csc(N)n3)[C@@H]2SC1. The van der Waals surface area contributed by atoms with Gasteiger partial charge in [0.2, 0.25) is 0 Å². The molecule has 0 bridgehead atoms. The lowest BCUT2D eigenvalue weighted by molar-refractivity contribution is -0.143. The highest BCUT2D eigenvalue weighted by atomic mass is 32.2. The average molecular weight is 481 g/mol. The smallest absolute Gasteiger partial charge is 0.276 e. The molecule has 1 saturated heterocycles. The molecule has 166 valence electrons. The zero-order valence-electron chi connectivity index (χ0n) is 16.7. The summed E-state index contributed by atoms with van der Waals surface area (Å²) in [4.78, 5) is 37.0. The van der Waals surface area contributed by atoms with Crippen LogP contribution in [0.3, 0.4) is 0 Å². The Bertz CT molecular complexity index is 931. The number of nitrogens with two attached hydrogens (primary N) is 2. The second-order valence-electron chi connectivity index (χ2n) is 7.19. The summed E-state index contributed by atoms with van der Waals surface area (Å²) in [6.07, 6.45) is 7.38. The maximum Gasteiger partial charge on any atom is 0.276 e. The number of allylic oxidation sites excluding steroid dienone is 1. The van der Waals surface area contributed by atoms with Crippen molar-refractivity contribution in [1.29, 1.82) is 0 Å². The zero-order valence-corrected chi connectivity index (χ0v) is 19.2. The molecule has 1 aliphatic carbocycles. The van der Waals surface area contributed by atoms with Gasteiger partial charge in [0, 0.05) is 35.4 Å². The van der Waals surface area contributed by atoms with E-state index in [-0.39, 0.29) is 23.1 Å². The van der Waals surface area contributed by atoms with Crippen molar-refractivity contribution in [2.24, 2.45) is 10.9 Å². The molecule has 2 unspecified atom stereocenters. The van der Waals surface area contributed by atoms with Gasteiger partial charge < -0.3 is 26.5 Å². The van der Waals surface area contributed by atoms with Gasteiger partial charge in [-0.1, -0.05) is 11.2 Å². The molecule has 1 fully saturated rings. The summed E-state index contributed by atoms with van der Waals surface area (Å²) in [7, 11) is 0. The number of nitrogens with zero attached hydrogens (tertiary/aromatic N) is 3. The standard InChI is InChI=1S/C19H24N6O3S3/c20-5-6-29-8-11-7-25-17(27)15(18(25)30-9-11)23-16(26)14(13-10-31-19(21)22-13)24-28-12-3-1-2-4-12/h1,3,7,10,12,15,18H,2,4-6,8-9,20H2,(H2,21,22)(H,23,26)/t12?,15?,18-/m0/s1. The van der Waals surface area contributed by atoms with E-state index in [0.717, 1.165) is 30.1 Å². The van der Waals surface area contributed by atoms with Gasteiger partial charge in [-0.05, 0) is 24.5 Å². The third-order valence-corrected chi connectivity index (χ3v) is 8.06. The molecular formula is C19H24N6O3S3. The molecule has 0 saturated carbocycles. The number of nitrogens with one attached hydrogen (secondary N) is 1. The molecule has 0 aromatic carbocycles. The lowest BCUT2D eigenvalue weighted by Gasteiger charge is -2.47. The Morgan fingerprint density at radius 3 is 3.06 bits per heavy atom. The molecular weight excluding hydrogens is 456 g/mol. The highest BCUT2D eigenvalue weighted by Crippen LogP contribution is 2.36. The zero-order chi connectivity index (χ0) is 21.8. The minimum Gasteiger partial charge on any atom is -0.388 e. The lowest BCUT2D eigenvalue weighted by Crippen LogP contribution is -2.69. The fraction of sp³-hybridized carbons (Fsp3) is 0.474. The highest BCUT2D eigenvalue weighted by Gasteiger charge is 2.49. The second-order valence-corrected chi connectivity index (χ2v) is 10.3. The number of nitrogen functional groups attached to an aromatic ring is 1. The van der Waals surface area contributed by atoms with Crippen LogP contribution in [0.5, 0.6) is 0 Å². The van der Waals surface area contributed by atoms with Crippen LogP contribution >= 0.6 is 34.9 Å². The van der Waals surface area contributed by atoms with Gasteiger partial charge in [0.05, 0.1) is 0 Å². The topological polar surface area (TPSA) is 136 Å². The lowest BCUT2D eigenvalue weighted by atomic mass is 10.1. The van der Waals surface area contributed by atoms with Crippen LogP contribution in [0.4, 0.5) is 5.13 Å². The average Bonchev–Trinajstić information content (AvgIpc) is 3.44. The molecule has 5 N–H and O–H groups in total. The van der Waals surface area contributed by atoms with Crippen molar-refractivity contribution < 1.29 is 14.4 Å². The van der Waals surface area contributed by atoms with Crippen molar-refractivity contribution in [3.8, 4) is 0 Å². The first-order chi connectivity index (χ1) is 15.1. The summed E-state index contributed by atoms with van der Waals surface area (Å²) in [6.45, 7) is 0.639. The molecule has 31 heavy (non-hydrogen) atoms. The van der Waals surface area contributed by atoms with E-state index in [0.29, 0.717) is 17.4 Å². The third kappa shape index (κ3) is 5.08. The van der Waals surface area contributed by atoms with Crippen LogP contribution in [0.1, 0.15) is 18.5 Å². The van der Waals surface area contributed by atoms with E-state index in [1.54, 1.807) is 33.8 Å². The van der Waals surface area contributed by atoms with E-state index >= 15 is 0 Å². The number of thiazole rings is 1. The van der Waals surface area contributed by atoms with Gasteiger partial charge in [-0.2, -0.15) is 11.8 Å². The number of thioether (sulfide) groups is 2. The van der Waals surface area contributed by atoms with E-state index in [4.69, 9.17) is 16.3 Å². The van der Waals surface area contributed by atoms with Gasteiger partial charge in [-0.25, -0.2) is 4.98 Å². The number of fused-ring (bicyclic) bond motifs is 1. The van der Waals surface area contributed by atoms with Crippen molar-refractivity contribution >= 4 is 57.5 Å². The monoisotopic (exact) mass is 480 g/mol. The molecule has 2 amide bonds. The molecule has 1 aromatic heterocycles. The minimum absolute atomic E-state index is 0.0229. The van der Waals surface area contributed by atoms with E-state index in [1.165, 1.54) is 16.9 Å². The van der Waals surface area contributed by atoms with E-state index in [2.05, 4.69) is 15.5 Å². The fourth-order valence-corrected chi connectivity index (χ4v) is 6.04. The highest BCUT2D eigenvalue weighted by molar-refractivity contribution is 8.01. The van der Waals surface area contributed by atoms with Crippen LogP contribution in [0.2, 0.25) is 0 Å². The largest absolute Gasteiger partial charge is 0.388 e. The van der Waals surface area contributed by atoms with Gasteiger partial charge in [0.25, 0.3) is 11.8 Å². The van der Waals surface area contributed by atoms with Crippen molar-refractivity contribution in [2.45, 2.75) is 30.4 Å². The molecule has 1 aromatic rings. The number of aromatic nitrogens is 1. The molecule has 12 heteroatoms. The summed E-state index contributed by atoms with van der Waals surface area (Å²) in [6, 6.07) is -0.612. The Balaban J connectivity index is 1.41. The van der Waals surface area contributed by atoms with Gasteiger partial charge in [-0.3, -0.25) is 9.59 Å². The summed E-state index contributed by atoms with van der Waals surface area (Å²) < 4.78 is 0. The number of rotatable bonds is 9. The number of oxime groups is 1. The summed E-state index contributed by atoms with van der Waals surface area (Å²) >= 11 is 4.61. The van der Waals surface area contributed by atoms with Crippen LogP contribution in [-0.2, 0) is 14.4 Å². The molecule has 2 aliphatic heterocycles. The number of β-lactam (4-membered cyclic amide) rings is 1. The Kier molecular flexibility index (Phi) is 7.20. The Labute approximate surface area is 192 Å². The number of carbonyl (C=O) groups is 2. The number of hydrogen-bond donors (Lipinski definition) is 3. The number of anilines is 1. The Morgan fingerprint density at radius 2 is 2.35 bits per heavy atom. The Morgan fingerprint density at radius 1 is 1.48 bits per heavy atom. The van der Waals surface area contributed by atoms with E-state index in [1.807, 2.05) is 18.4 Å². The number of carbonyl (C=O) groups excluding carboxylic acids is 2. The first kappa shape index (κ1) is 22.2. The van der Waals surface area contributed by atoms with Crippen LogP contribution in [-0.4, -0.2) is 68.7 Å². The van der Waals surface area contributed by atoms with Gasteiger partial charge in [0.1, 0.15) is 23.2 Å². The second kappa shape index (κ2) is 10.1. The normalized spacial score (nSPS) is 25.1. The van der Waals surface area contributed by atoms with Crippen molar-refractivity contribution in [3.05, 3.63) is 35.0 Å². The number of amides is 2. The fourth-order valence-electron chi connectivity index (χ4n) is 3.35. The van der Waals surface area contributed by atoms with Crippen LogP contribution in [0.25, 0.3) is 0 Å². The van der Waals surface area contributed by atoms with Crippen LogP contribution in [0.15, 0.2) is 34.5 Å². The van der Waals surface area contributed by atoms with Crippen molar-refractivity contribution in [3.63, 3.8) is 0 Å². The van der Waals surface area contributed by atoms with Gasteiger partial charge in [0.15, 0.2) is 10.8 Å². The molecule has 3 aliphatic rings. The van der Waals surface area contributed by atoms with E-state index < -0.39 is 11.9 Å². The van der Waals surface area contributed by atoms with Crippen LogP contribution < -0.4 is 16.8 Å². The third-order valence-electron chi connectivity index (χ3n) is 4.90. The van der Waals surface area contributed by atoms with Crippen LogP contribution in [0, 0.1) is 0 Å². The predicted octanol–water partition coefficient (Wildman–Crippen LogP) is 1.14. The maximum absolute atomic E-state index is 13.0. The van der Waals surface area contributed by atoms with Gasteiger partial charge >= 0.3 is 0 Å². The van der Waals surface area contributed by atoms with Crippen molar-refractivity contribution in [2.75, 3.05) is 29.5 Å². The maximum atomic E-state index is 13.0. The number of hydrogen-bond acceptors (Lipinski definition) is 10. The summed E-state index contributed by atoms with van der Waals surface area (Å²) in [5, 5.41) is 8.73. The molecule has 4 rings (SSSR count). The molecule has 9 nitrogen and oxygen atoms in total. The van der Waals surface area contributed by atoms with Crippen molar-refractivity contribution in [1.82, 2.24) is 15.2 Å². The predicted molar refractivity (Wildman–Crippen MR) is 126 cm³/mol. The summed E-state index contributed by atoms with van der Waals surface area (Å²) in [5.74, 6) is 1.93. The summed E-state index contributed by atoms with van der Waals surface area (Å²) in [5.41, 5.74) is 12.8. The molecule has 0 radical (unpaired) electrons. The molecule has 0 spiro atoms. The van der Waals surface area contributed by atoms with Gasteiger partial charge in [-0.15, -0.1) is 23.1 Å². The first-order valence-electron chi connectivity index (χ1n) is 9.90. The quantitative estimate of drug-likeness (QED) is 0.157.